The number of aliphatic hydroxyl groups excluding tert-OH is 4. The second kappa shape index (κ2) is 28.8. The van der Waals surface area contributed by atoms with Crippen molar-refractivity contribution >= 4 is 23.9 Å². The SMILES string of the molecule is CC(O)C(=O)[O-].CC(O)C(=O)[O-].CC(O)C(=O)[O-].CC(O)C(=O)[O-].CCCN.[Zr+4]. The summed E-state index contributed by atoms with van der Waals surface area (Å²) in [4.78, 5) is 37.4. The Labute approximate surface area is 187 Å². The molecule has 0 aromatic rings. The van der Waals surface area contributed by atoms with Gasteiger partial charge in [-0.05, 0) is 40.7 Å². The van der Waals surface area contributed by atoms with Crippen molar-refractivity contribution in [3.8, 4) is 0 Å². The van der Waals surface area contributed by atoms with Crippen LogP contribution in [0.1, 0.15) is 41.0 Å². The molecule has 0 aromatic carbocycles. The van der Waals surface area contributed by atoms with E-state index < -0.39 is 48.3 Å². The fourth-order valence-corrected chi connectivity index (χ4v) is 0. The maximum Gasteiger partial charge on any atom is 4.00 e. The van der Waals surface area contributed by atoms with E-state index in [0.717, 1.165) is 40.7 Å². The van der Waals surface area contributed by atoms with Crippen LogP contribution < -0.4 is 26.2 Å². The number of hydrogen-bond donors (Lipinski definition) is 5. The van der Waals surface area contributed by atoms with Crippen molar-refractivity contribution < 1.29 is 86.2 Å². The van der Waals surface area contributed by atoms with Crippen molar-refractivity contribution in [3.63, 3.8) is 0 Å². The first-order valence-electron chi connectivity index (χ1n) is 7.75. The number of nitrogens with two attached hydrogens (primary N) is 1. The predicted octanol–water partition coefficient (Wildman–Crippen LogP) is -7.18. The van der Waals surface area contributed by atoms with Gasteiger partial charge in [0, 0.05) is 0 Å². The Balaban J connectivity index is -0.0000000569. The molecule has 0 aliphatic rings. The van der Waals surface area contributed by atoms with Gasteiger partial charge in [0.2, 0.25) is 0 Å². The number of carboxylic acids is 4. The summed E-state index contributed by atoms with van der Waals surface area (Å²) in [7, 11) is 0. The Morgan fingerprint density at radius 3 is 0.724 bits per heavy atom. The van der Waals surface area contributed by atoms with Gasteiger partial charge in [0.15, 0.2) is 0 Å². The van der Waals surface area contributed by atoms with Crippen molar-refractivity contribution in [1.29, 1.82) is 0 Å². The van der Waals surface area contributed by atoms with Crippen LogP contribution >= 0.6 is 0 Å². The topological polar surface area (TPSA) is 267 Å². The van der Waals surface area contributed by atoms with Crippen LogP contribution in [0.15, 0.2) is 0 Å². The molecule has 0 heterocycles. The van der Waals surface area contributed by atoms with E-state index in [1.54, 1.807) is 0 Å². The Hall–Kier alpha value is -1.44. The number of carbonyl (C=O) groups excluding carboxylic acids is 4. The number of carboxylic acid groups (broad SMARTS) is 4. The smallest absolute Gasteiger partial charge is 0.547 e. The maximum absolute atomic E-state index is 9.34. The van der Waals surface area contributed by atoms with Crippen LogP contribution in [0.5, 0.6) is 0 Å². The molecule has 0 aliphatic carbocycles. The third kappa shape index (κ3) is 66.2. The molecule has 0 bridgehead atoms. The summed E-state index contributed by atoms with van der Waals surface area (Å²) in [5, 5.41) is 69.2. The standard InChI is InChI=1S/C3H9N.4C3H6O3.Zr/c1-2-3-4;4*1-2(4)3(5)6;/h2-4H2,1H3;4*2,4H,1H3,(H,5,6);/q;;;;;+4/p-4. The van der Waals surface area contributed by atoms with Gasteiger partial charge < -0.3 is 65.8 Å². The first-order chi connectivity index (χ1) is 12.5. The Kier molecular flexibility index (Phi) is 41.5. The zero-order valence-corrected chi connectivity index (χ0v) is 19.3. The molecule has 0 fully saturated rings. The molecule has 6 N–H and O–H groups in total. The van der Waals surface area contributed by atoms with Gasteiger partial charge in [-0.2, -0.15) is 0 Å². The predicted molar refractivity (Wildman–Crippen MR) is 86.1 cm³/mol. The number of carbonyl (C=O) groups is 4. The van der Waals surface area contributed by atoms with E-state index in [4.69, 9.17) is 26.2 Å². The summed E-state index contributed by atoms with van der Waals surface area (Å²) >= 11 is 0. The summed E-state index contributed by atoms with van der Waals surface area (Å²) in [6.45, 7) is 7.41. The summed E-state index contributed by atoms with van der Waals surface area (Å²) in [6, 6.07) is 0. The van der Waals surface area contributed by atoms with E-state index in [2.05, 4.69) is 6.92 Å². The molecule has 0 saturated heterocycles. The van der Waals surface area contributed by atoms with Crippen LogP contribution in [0, 0.1) is 0 Å². The Bertz CT molecular complexity index is 340. The quantitative estimate of drug-likeness (QED) is 0.232. The van der Waals surface area contributed by atoms with E-state index >= 15 is 0 Å². The average molecular weight is 507 g/mol. The van der Waals surface area contributed by atoms with Crippen LogP contribution in [-0.2, 0) is 45.4 Å². The molecule has 0 amide bonds. The Morgan fingerprint density at radius 2 is 0.724 bits per heavy atom. The Morgan fingerprint density at radius 1 is 0.655 bits per heavy atom. The molecule has 0 saturated carbocycles. The fraction of sp³-hybridized carbons (Fsp3) is 0.733. The van der Waals surface area contributed by atoms with E-state index in [0.29, 0.717) is 0 Å². The number of rotatable bonds is 5. The van der Waals surface area contributed by atoms with Crippen LogP contribution in [0.25, 0.3) is 0 Å². The second-order valence-corrected chi connectivity index (χ2v) is 4.77. The molecule has 13 nitrogen and oxygen atoms in total. The van der Waals surface area contributed by atoms with Crippen LogP contribution in [0.4, 0.5) is 0 Å². The van der Waals surface area contributed by atoms with Gasteiger partial charge in [0.1, 0.15) is 0 Å². The molecule has 0 rings (SSSR count). The molecule has 14 heteroatoms. The van der Waals surface area contributed by atoms with Gasteiger partial charge in [-0.15, -0.1) is 0 Å². The molecule has 4 atom stereocenters. The van der Waals surface area contributed by atoms with Crippen molar-refractivity contribution in [1.82, 2.24) is 0 Å². The van der Waals surface area contributed by atoms with Gasteiger partial charge in [0.05, 0.1) is 48.3 Å². The molecule has 4 unspecified atom stereocenters. The molecule has 0 aliphatic heterocycles. The van der Waals surface area contributed by atoms with E-state index in [1.165, 1.54) is 0 Å². The minimum Gasteiger partial charge on any atom is -0.547 e. The molecule has 0 aromatic heterocycles. The largest absolute Gasteiger partial charge is 4.00 e. The average Bonchev–Trinajstić information content (AvgIpc) is 2.56. The summed E-state index contributed by atoms with van der Waals surface area (Å²) in [5.74, 6) is -5.74. The van der Waals surface area contributed by atoms with E-state index in [-0.39, 0.29) is 26.2 Å². The molecule has 170 valence electrons. The van der Waals surface area contributed by atoms with Crippen LogP contribution in [0.2, 0.25) is 0 Å². The summed E-state index contributed by atoms with van der Waals surface area (Å²) < 4.78 is 0. The van der Waals surface area contributed by atoms with E-state index in [1.807, 2.05) is 0 Å². The zero-order valence-electron chi connectivity index (χ0n) is 16.9. The van der Waals surface area contributed by atoms with Gasteiger partial charge >= 0.3 is 26.2 Å². The monoisotopic (exact) mass is 505 g/mol. The third-order valence-corrected chi connectivity index (χ3v) is 1.65. The minimum absolute atomic E-state index is 0. The second-order valence-electron chi connectivity index (χ2n) is 4.77. The molecular formula is C15H29NO12Zr. The third-order valence-electron chi connectivity index (χ3n) is 1.65. The maximum atomic E-state index is 9.34. The van der Waals surface area contributed by atoms with Gasteiger partial charge in [-0.25, -0.2) is 0 Å². The first kappa shape index (κ1) is 41.8. The molecule has 0 spiro atoms. The summed E-state index contributed by atoms with van der Waals surface area (Å²) in [5.41, 5.74) is 5.03. The van der Waals surface area contributed by atoms with Gasteiger partial charge in [-0.1, -0.05) is 6.92 Å². The van der Waals surface area contributed by atoms with Gasteiger partial charge in [0.25, 0.3) is 0 Å². The van der Waals surface area contributed by atoms with Crippen molar-refractivity contribution in [2.75, 3.05) is 6.54 Å². The van der Waals surface area contributed by atoms with Crippen LogP contribution in [-0.4, -0.2) is 75.3 Å². The number of aliphatic hydroxyl groups is 4. The first-order valence-corrected chi connectivity index (χ1v) is 7.75. The van der Waals surface area contributed by atoms with E-state index in [9.17, 15) is 39.6 Å². The number of aliphatic carboxylic acids is 4. The molecular weight excluding hydrogens is 477 g/mol. The van der Waals surface area contributed by atoms with Crippen molar-refractivity contribution in [3.05, 3.63) is 0 Å². The van der Waals surface area contributed by atoms with Crippen LogP contribution in [0.3, 0.4) is 0 Å². The fourth-order valence-electron chi connectivity index (χ4n) is 0. The minimum atomic E-state index is -1.44. The summed E-state index contributed by atoms with van der Waals surface area (Å²) in [6.07, 6.45) is -4.27. The molecule has 0 radical (unpaired) electrons. The zero-order chi connectivity index (χ0) is 24.0. The normalized spacial score (nSPS) is 12.3. The number of hydrogen-bond acceptors (Lipinski definition) is 13. The van der Waals surface area contributed by atoms with Crippen molar-refractivity contribution in [2.45, 2.75) is 65.5 Å². The van der Waals surface area contributed by atoms with Gasteiger partial charge in [-0.3, -0.25) is 0 Å². The molecule has 29 heavy (non-hydrogen) atoms. The van der Waals surface area contributed by atoms with Crippen molar-refractivity contribution in [2.24, 2.45) is 5.73 Å².